The molecule has 0 bridgehead atoms. The number of hydrogen-bond donors (Lipinski definition) is 0. The quantitative estimate of drug-likeness (QED) is 0.463. The molecule has 0 N–H and O–H groups in total. The van der Waals surface area contributed by atoms with Gasteiger partial charge in [-0.2, -0.15) is 0 Å². The largest absolute Gasteiger partial charge is 0.365 e. The highest BCUT2D eigenvalue weighted by Crippen LogP contribution is 2.00. The first-order valence-corrected chi connectivity index (χ1v) is 5.25. The summed E-state index contributed by atoms with van der Waals surface area (Å²) in [6.07, 6.45) is 1.11. The van der Waals surface area contributed by atoms with Gasteiger partial charge in [-0.25, -0.2) is 4.79 Å². The van der Waals surface area contributed by atoms with Gasteiger partial charge in [-0.3, -0.25) is 0 Å². The van der Waals surface area contributed by atoms with Crippen molar-refractivity contribution in [3.63, 3.8) is 0 Å². The van der Waals surface area contributed by atoms with Gasteiger partial charge in [0.05, 0.1) is 0 Å². The number of carbonyl (C=O) groups excluding carboxylic acids is 1. The predicted molar refractivity (Wildman–Crippen MR) is 66.0 cm³/mol. The fraction of sp³-hybridized carbons (Fsp3) is 0.250. The fourth-order valence-corrected chi connectivity index (χ4v) is 0.962. The van der Waals surface area contributed by atoms with E-state index < -0.39 is 5.97 Å². The maximum absolute atomic E-state index is 10.2. The van der Waals surface area contributed by atoms with Crippen LogP contribution in [0.1, 0.15) is 5.56 Å². The van der Waals surface area contributed by atoms with Crippen molar-refractivity contribution in [3.8, 4) is 0 Å². The van der Waals surface area contributed by atoms with E-state index in [1.165, 1.54) is 10.6 Å². The summed E-state index contributed by atoms with van der Waals surface area (Å²) < 4.78 is 0. The van der Waals surface area contributed by atoms with Crippen LogP contribution >= 0.6 is 11.6 Å². The summed E-state index contributed by atoms with van der Waals surface area (Å²) in [5, 5.41) is 1.31. The van der Waals surface area contributed by atoms with Crippen molar-refractivity contribution in [3.05, 3.63) is 48.6 Å². The second-order valence-corrected chi connectivity index (χ2v) is 3.31. The molecule has 0 spiro atoms. The van der Waals surface area contributed by atoms with Crippen LogP contribution in [0.4, 0.5) is 0 Å². The Morgan fingerprint density at radius 1 is 1.44 bits per heavy atom. The van der Waals surface area contributed by atoms with Crippen LogP contribution in [0.25, 0.3) is 0 Å². The van der Waals surface area contributed by atoms with Crippen molar-refractivity contribution in [1.29, 1.82) is 0 Å². The van der Waals surface area contributed by atoms with Crippen molar-refractivity contribution < 1.29 is 9.63 Å². The highest BCUT2D eigenvalue weighted by atomic mass is 35.5. The Labute approximate surface area is 101 Å². The van der Waals surface area contributed by atoms with Crippen molar-refractivity contribution in [2.75, 3.05) is 14.1 Å². The summed E-state index contributed by atoms with van der Waals surface area (Å²) in [4.78, 5) is 14.7. The Kier molecular flexibility index (Phi) is 8.21. The summed E-state index contributed by atoms with van der Waals surface area (Å²) in [5.74, 6) is 0.177. The lowest BCUT2D eigenvalue weighted by molar-refractivity contribution is -0.171. The third kappa shape index (κ3) is 8.03. The second-order valence-electron chi connectivity index (χ2n) is 3.05. The van der Waals surface area contributed by atoms with Crippen LogP contribution in [0.2, 0.25) is 0 Å². The lowest BCUT2D eigenvalue weighted by Gasteiger charge is -2.05. The summed E-state index contributed by atoms with van der Waals surface area (Å²) in [5.41, 5.74) is 1.18. The van der Waals surface area contributed by atoms with Crippen LogP contribution in [0.15, 0.2) is 43.0 Å². The first kappa shape index (κ1) is 14.7. The maximum atomic E-state index is 10.2. The van der Waals surface area contributed by atoms with E-state index in [2.05, 4.69) is 11.4 Å². The number of carbonyl (C=O) groups is 1. The fourth-order valence-electron chi connectivity index (χ4n) is 0.784. The molecule has 0 aromatic heterocycles. The molecule has 0 aliphatic heterocycles. The van der Waals surface area contributed by atoms with Gasteiger partial charge in [0.25, 0.3) is 0 Å². The van der Waals surface area contributed by atoms with Gasteiger partial charge < -0.3 is 4.84 Å². The SMILES string of the molecule is C=CC(=O)ON(C)C.ClCc1ccccc1. The molecule has 0 radical (unpaired) electrons. The number of hydroxylamine groups is 2. The number of rotatable bonds is 3. The molecule has 0 amide bonds. The van der Waals surface area contributed by atoms with E-state index in [1.54, 1.807) is 14.1 Å². The van der Waals surface area contributed by atoms with E-state index in [0.29, 0.717) is 5.88 Å². The normalized spacial score (nSPS) is 9.00. The van der Waals surface area contributed by atoms with Crippen LogP contribution in [-0.4, -0.2) is 25.1 Å². The summed E-state index contributed by atoms with van der Waals surface area (Å²) in [6, 6.07) is 9.96. The topological polar surface area (TPSA) is 29.5 Å². The van der Waals surface area contributed by atoms with E-state index in [9.17, 15) is 4.79 Å². The smallest absolute Gasteiger partial charge is 0.349 e. The molecule has 1 aromatic carbocycles. The van der Waals surface area contributed by atoms with Gasteiger partial charge in [0.15, 0.2) is 0 Å². The average Bonchev–Trinajstić information content (AvgIpc) is 2.30. The van der Waals surface area contributed by atoms with Crippen LogP contribution in [-0.2, 0) is 15.5 Å². The van der Waals surface area contributed by atoms with Crippen LogP contribution < -0.4 is 0 Å². The van der Waals surface area contributed by atoms with Crippen LogP contribution in [0, 0.1) is 0 Å². The van der Waals surface area contributed by atoms with Crippen LogP contribution in [0.3, 0.4) is 0 Å². The van der Waals surface area contributed by atoms with E-state index in [-0.39, 0.29) is 0 Å². The van der Waals surface area contributed by atoms with Gasteiger partial charge in [0.1, 0.15) is 0 Å². The third-order valence-corrected chi connectivity index (χ3v) is 1.74. The highest BCUT2D eigenvalue weighted by Gasteiger charge is 1.94. The summed E-state index contributed by atoms with van der Waals surface area (Å²) >= 11 is 5.53. The van der Waals surface area contributed by atoms with Crippen molar-refractivity contribution in [2.24, 2.45) is 0 Å². The average molecular weight is 242 g/mol. The van der Waals surface area contributed by atoms with E-state index >= 15 is 0 Å². The van der Waals surface area contributed by atoms with Gasteiger partial charge >= 0.3 is 5.97 Å². The molecule has 0 saturated heterocycles. The Balaban J connectivity index is 0.000000281. The lowest BCUT2D eigenvalue weighted by atomic mass is 10.2. The summed E-state index contributed by atoms with van der Waals surface area (Å²) in [7, 11) is 3.25. The number of nitrogens with zero attached hydrogens (tertiary/aromatic N) is 1. The third-order valence-electron chi connectivity index (χ3n) is 1.44. The molecule has 1 rings (SSSR count). The Hall–Kier alpha value is -1.32. The molecule has 1 aromatic rings. The first-order valence-electron chi connectivity index (χ1n) is 4.71. The molecule has 0 aliphatic rings. The van der Waals surface area contributed by atoms with Gasteiger partial charge in [0, 0.05) is 26.1 Å². The molecular weight excluding hydrogens is 226 g/mol. The minimum atomic E-state index is -0.435. The van der Waals surface area contributed by atoms with Gasteiger partial charge in [0.2, 0.25) is 0 Å². The molecule has 0 unspecified atom stereocenters. The summed E-state index contributed by atoms with van der Waals surface area (Å²) in [6.45, 7) is 3.21. The molecule has 4 heteroatoms. The molecular formula is C12H16ClNO2. The van der Waals surface area contributed by atoms with Crippen molar-refractivity contribution in [2.45, 2.75) is 5.88 Å². The standard InChI is InChI=1S/C7H7Cl.C5H9NO2/c8-6-7-4-2-1-3-5-7;1-4-5(7)8-6(2)3/h1-5H,6H2;4H,1H2,2-3H3. The molecule has 0 aliphatic carbocycles. The Morgan fingerprint density at radius 3 is 2.25 bits per heavy atom. The number of halogens is 1. The van der Waals surface area contributed by atoms with Gasteiger partial charge in [-0.05, 0) is 5.56 Å². The van der Waals surface area contributed by atoms with Crippen molar-refractivity contribution in [1.82, 2.24) is 5.06 Å². The molecule has 16 heavy (non-hydrogen) atoms. The molecule has 0 saturated carbocycles. The number of hydrogen-bond acceptors (Lipinski definition) is 3. The molecule has 88 valence electrons. The zero-order chi connectivity index (χ0) is 12.4. The molecule has 0 fully saturated rings. The monoisotopic (exact) mass is 241 g/mol. The highest BCUT2D eigenvalue weighted by molar-refractivity contribution is 6.17. The molecule has 3 nitrogen and oxygen atoms in total. The zero-order valence-corrected chi connectivity index (χ0v) is 10.3. The molecule has 0 heterocycles. The minimum absolute atomic E-state index is 0.435. The lowest BCUT2D eigenvalue weighted by Crippen LogP contribution is -2.16. The Morgan fingerprint density at radius 2 is 2.00 bits per heavy atom. The van der Waals surface area contributed by atoms with E-state index in [1.807, 2.05) is 30.3 Å². The number of alkyl halides is 1. The van der Waals surface area contributed by atoms with E-state index in [4.69, 9.17) is 11.6 Å². The van der Waals surface area contributed by atoms with Crippen LogP contribution in [0.5, 0.6) is 0 Å². The van der Waals surface area contributed by atoms with Gasteiger partial charge in [-0.1, -0.05) is 36.9 Å². The van der Waals surface area contributed by atoms with Crippen molar-refractivity contribution >= 4 is 17.6 Å². The minimum Gasteiger partial charge on any atom is -0.365 e. The van der Waals surface area contributed by atoms with E-state index in [0.717, 1.165) is 6.08 Å². The van der Waals surface area contributed by atoms with Gasteiger partial charge in [-0.15, -0.1) is 16.7 Å². The maximum Gasteiger partial charge on any atom is 0.349 e. The Bertz CT molecular complexity index is 312. The number of benzene rings is 1. The first-order chi connectivity index (χ1) is 7.60. The second kappa shape index (κ2) is 8.95. The predicted octanol–water partition coefficient (Wildman–Crippen LogP) is 2.62. The zero-order valence-electron chi connectivity index (χ0n) is 9.52. The molecule has 0 atom stereocenters.